The molecule has 0 radical (unpaired) electrons. The smallest absolute Gasteiger partial charge is 0.280 e. The Balaban J connectivity index is 1.68. The largest absolute Gasteiger partial charge is 0.490 e. The van der Waals surface area contributed by atoms with E-state index in [-0.39, 0.29) is 58.0 Å². The number of ether oxygens (including phenoxy) is 2. The number of aliphatic hydroxyl groups excluding tert-OH is 1. The van der Waals surface area contributed by atoms with Crippen LogP contribution >= 0.6 is 11.3 Å². The first-order chi connectivity index (χ1) is 21.7. The molecule has 46 heavy (non-hydrogen) atoms. The number of aromatic nitrogens is 2. The van der Waals surface area contributed by atoms with Crippen LogP contribution in [-0.4, -0.2) is 98.2 Å². The Morgan fingerprint density at radius 1 is 1.20 bits per heavy atom. The Morgan fingerprint density at radius 2 is 1.96 bits per heavy atom. The minimum Gasteiger partial charge on any atom is -0.490 e. The van der Waals surface area contributed by atoms with Crippen LogP contribution in [0.2, 0.25) is 0 Å². The van der Waals surface area contributed by atoms with E-state index in [1.54, 1.807) is 37.6 Å². The highest BCUT2D eigenvalue weighted by Crippen LogP contribution is 2.30. The van der Waals surface area contributed by atoms with E-state index in [1.807, 2.05) is 13.8 Å². The molecule has 1 aromatic carbocycles. The quantitative estimate of drug-likeness (QED) is 0.342. The number of carbonyl (C=O) groups is 1. The van der Waals surface area contributed by atoms with Crippen LogP contribution in [-0.2, 0) is 31.8 Å². The molecule has 0 aliphatic carbocycles. The molecule has 16 heteroatoms. The Labute approximate surface area is 275 Å². The molecular weight excluding hydrogens is 655 g/mol. The molecular formula is C30H43N5O8S3. The fourth-order valence-corrected chi connectivity index (χ4v) is 8.52. The molecule has 1 aliphatic heterocycles. The SMILES string of the molecule is C[C@@H]1CN([C@@H](C)CO)C(=O)c2cc(NS(=O)(=O)c3cn(C)cn3)ccc2O[C@@H](C)CCCCO[C@H]1CN(C)S(=O)(=O)c1cccs1. The number of amides is 1. The number of sulfonamides is 2. The van der Waals surface area contributed by atoms with Crippen molar-refractivity contribution in [3.8, 4) is 5.75 Å². The summed E-state index contributed by atoms with van der Waals surface area (Å²) in [6, 6.07) is 7.13. The predicted molar refractivity (Wildman–Crippen MR) is 175 cm³/mol. The lowest BCUT2D eigenvalue weighted by Crippen LogP contribution is -2.48. The molecule has 3 heterocycles. The summed E-state index contributed by atoms with van der Waals surface area (Å²) in [7, 11) is -4.61. The number of carbonyl (C=O) groups excluding carboxylic acids is 1. The monoisotopic (exact) mass is 697 g/mol. The number of imidazole rings is 1. The molecule has 2 aromatic heterocycles. The lowest BCUT2D eigenvalue weighted by molar-refractivity contribution is -0.00832. The van der Waals surface area contributed by atoms with Crippen molar-refractivity contribution in [2.45, 2.75) is 67.5 Å². The maximum atomic E-state index is 14.3. The highest BCUT2D eigenvalue weighted by molar-refractivity contribution is 7.92. The zero-order valence-corrected chi connectivity index (χ0v) is 29.1. The van der Waals surface area contributed by atoms with Gasteiger partial charge in [0.25, 0.3) is 26.0 Å². The molecule has 1 aliphatic rings. The van der Waals surface area contributed by atoms with Crippen molar-refractivity contribution in [1.82, 2.24) is 18.8 Å². The van der Waals surface area contributed by atoms with Crippen LogP contribution in [0.1, 0.15) is 50.4 Å². The van der Waals surface area contributed by atoms with Gasteiger partial charge >= 0.3 is 0 Å². The van der Waals surface area contributed by atoms with Crippen molar-refractivity contribution in [1.29, 1.82) is 0 Å². The first kappa shape index (κ1) is 35.8. The van der Waals surface area contributed by atoms with Crippen LogP contribution in [0.3, 0.4) is 0 Å². The number of benzene rings is 1. The zero-order chi connectivity index (χ0) is 33.6. The second kappa shape index (κ2) is 15.3. The third-order valence-corrected chi connectivity index (χ3v) is 12.3. The van der Waals surface area contributed by atoms with Gasteiger partial charge in [0.05, 0.1) is 36.7 Å². The Morgan fingerprint density at radius 3 is 2.61 bits per heavy atom. The van der Waals surface area contributed by atoms with E-state index in [4.69, 9.17) is 9.47 Å². The summed E-state index contributed by atoms with van der Waals surface area (Å²) >= 11 is 1.14. The van der Waals surface area contributed by atoms with E-state index in [2.05, 4.69) is 9.71 Å². The van der Waals surface area contributed by atoms with Crippen molar-refractivity contribution in [3.05, 3.63) is 53.8 Å². The van der Waals surface area contributed by atoms with Crippen LogP contribution in [0.5, 0.6) is 5.75 Å². The molecule has 0 fully saturated rings. The van der Waals surface area contributed by atoms with Gasteiger partial charge < -0.3 is 24.0 Å². The van der Waals surface area contributed by atoms with E-state index < -0.39 is 38.1 Å². The average molecular weight is 698 g/mol. The van der Waals surface area contributed by atoms with E-state index in [0.29, 0.717) is 13.0 Å². The van der Waals surface area contributed by atoms with Gasteiger partial charge in [0, 0.05) is 51.6 Å². The molecule has 3 aromatic rings. The molecule has 0 saturated carbocycles. The van der Waals surface area contributed by atoms with Crippen LogP contribution in [0, 0.1) is 5.92 Å². The molecule has 1 amide bonds. The number of rotatable bonds is 9. The number of fused-ring (bicyclic) bond motifs is 1. The number of nitrogens with zero attached hydrogens (tertiary/aromatic N) is 4. The van der Waals surface area contributed by atoms with Gasteiger partial charge in [-0.1, -0.05) is 13.0 Å². The van der Waals surface area contributed by atoms with Crippen LogP contribution in [0.25, 0.3) is 0 Å². The van der Waals surface area contributed by atoms with Gasteiger partial charge in [0.15, 0.2) is 5.03 Å². The van der Waals surface area contributed by atoms with Gasteiger partial charge in [-0.25, -0.2) is 13.4 Å². The second-order valence-corrected chi connectivity index (χ2v) is 16.6. The minimum atomic E-state index is -4.04. The summed E-state index contributed by atoms with van der Waals surface area (Å²) in [6.07, 6.45) is 4.05. The molecule has 4 rings (SSSR count). The average Bonchev–Trinajstić information content (AvgIpc) is 3.71. The standard InChI is InChI=1S/C30H43N5O8S3/c1-21-16-35(22(2)19-36)30(37)25-15-24(32-45(38,39)28-18-33(4)20-31-28)11-12-26(25)43-23(3)9-6-7-13-42-27(21)17-34(5)46(40,41)29-10-8-14-44-29/h8,10-12,14-15,18,20-23,27,32,36H,6-7,9,13,16-17,19H2,1-5H3/t21-,22+,23+,27+/m1/s1. The fourth-order valence-electron chi connectivity index (χ4n) is 5.10. The maximum absolute atomic E-state index is 14.3. The lowest BCUT2D eigenvalue weighted by Gasteiger charge is -2.35. The summed E-state index contributed by atoms with van der Waals surface area (Å²) in [5.41, 5.74) is 0.258. The van der Waals surface area contributed by atoms with Gasteiger partial charge in [-0.05, 0) is 62.8 Å². The molecule has 254 valence electrons. The normalized spacial score (nSPS) is 21.3. The third kappa shape index (κ3) is 8.66. The van der Waals surface area contributed by atoms with Crippen molar-refractivity contribution < 1.29 is 36.2 Å². The van der Waals surface area contributed by atoms with E-state index in [9.17, 15) is 26.7 Å². The molecule has 13 nitrogen and oxygen atoms in total. The lowest BCUT2D eigenvalue weighted by atomic mass is 10.0. The van der Waals surface area contributed by atoms with Crippen molar-refractivity contribution >= 4 is 43.0 Å². The second-order valence-electron chi connectivity index (χ2n) is 11.7. The topological polar surface area (TPSA) is 160 Å². The molecule has 4 atom stereocenters. The number of nitrogens with one attached hydrogen (secondary N) is 1. The van der Waals surface area contributed by atoms with Gasteiger partial charge in [0.1, 0.15) is 9.96 Å². The highest BCUT2D eigenvalue weighted by Gasteiger charge is 2.33. The first-order valence-corrected chi connectivity index (χ1v) is 18.9. The fraction of sp³-hybridized carbons (Fsp3) is 0.533. The summed E-state index contributed by atoms with van der Waals surface area (Å²) in [4.78, 5) is 19.7. The highest BCUT2D eigenvalue weighted by atomic mass is 32.2. The van der Waals surface area contributed by atoms with Crippen LogP contribution in [0.15, 0.2) is 57.5 Å². The van der Waals surface area contributed by atoms with Crippen molar-refractivity contribution in [2.75, 3.05) is 38.1 Å². The first-order valence-electron chi connectivity index (χ1n) is 15.1. The number of aryl methyl sites for hydroxylation is 1. The number of anilines is 1. The summed E-state index contributed by atoms with van der Waals surface area (Å²) in [6.45, 7) is 5.71. The Bertz CT molecular complexity index is 1680. The van der Waals surface area contributed by atoms with Gasteiger partial charge in [0.2, 0.25) is 0 Å². The Kier molecular flexibility index (Phi) is 11.9. The molecule has 2 N–H and O–H groups in total. The van der Waals surface area contributed by atoms with Gasteiger partial charge in [-0.2, -0.15) is 12.7 Å². The summed E-state index contributed by atoms with van der Waals surface area (Å²) < 4.78 is 70.5. The third-order valence-electron chi connectivity index (χ3n) is 7.86. The van der Waals surface area contributed by atoms with E-state index in [0.717, 1.165) is 24.2 Å². The number of thiophene rings is 1. The zero-order valence-electron chi connectivity index (χ0n) is 26.7. The minimum absolute atomic E-state index is 0.0620. The van der Waals surface area contributed by atoms with Crippen LogP contribution < -0.4 is 9.46 Å². The van der Waals surface area contributed by atoms with Crippen LogP contribution in [0.4, 0.5) is 5.69 Å². The Hall–Kier alpha value is -3.02. The number of hydrogen-bond acceptors (Lipinski definition) is 10. The summed E-state index contributed by atoms with van der Waals surface area (Å²) in [5, 5.41) is 11.7. The van der Waals surface area contributed by atoms with E-state index in [1.165, 1.54) is 45.5 Å². The van der Waals surface area contributed by atoms with Gasteiger partial charge in [-0.3, -0.25) is 9.52 Å². The summed E-state index contributed by atoms with van der Waals surface area (Å²) in [5.74, 6) is -0.548. The number of aliphatic hydroxyl groups is 1. The predicted octanol–water partition coefficient (Wildman–Crippen LogP) is 3.40. The number of hydrogen-bond donors (Lipinski definition) is 2. The number of likely N-dealkylation sites (N-methyl/N-ethyl adjacent to an activating group) is 1. The molecule has 0 unspecified atom stereocenters. The molecule has 0 saturated heterocycles. The van der Waals surface area contributed by atoms with E-state index >= 15 is 0 Å². The van der Waals surface area contributed by atoms with Gasteiger partial charge in [-0.15, -0.1) is 11.3 Å². The molecule has 0 bridgehead atoms. The van der Waals surface area contributed by atoms with Crippen molar-refractivity contribution in [2.24, 2.45) is 13.0 Å². The maximum Gasteiger partial charge on any atom is 0.280 e. The molecule has 0 spiro atoms. The van der Waals surface area contributed by atoms with Crippen molar-refractivity contribution in [3.63, 3.8) is 0 Å².